The smallest absolute Gasteiger partial charge is 0.220 e. The molecule has 0 unspecified atom stereocenters. The van der Waals surface area contributed by atoms with Crippen LogP contribution in [-0.2, 0) is 4.79 Å². The van der Waals surface area contributed by atoms with Crippen LogP contribution in [0.1, 0.15) is 19.3 Å². The SMILES string of the molecule is O=C(CCCOc1ccc(F)cc1)NCCSCCCO. The van der Waals surface area contributed by atoms with Crippen LogP contribution in [0.15, 0.2) is 24.3 Å². The third-order valence-corrected chi connectivity index (χ3v) is 3.72. The second-order valence-corrected chi connectivity index (χ2v) is 5.67. The van der Waals surface area contributed by atoms with Gasteiger partial charge < -0.3 is 15.2 Å². The molecule has 0 saturated heterocycles. The molecule has 0 radical (unpaired) electrons. The maximum Gasteiger partial charge on any atom is 0.220 e. The summed E-state index contributed by atoms with van der Waals surface area (Å²) >= 11 is 1.72. The number of aliphatic hydroxyl groups excluding tert-OH is 1. The van der Waals surface area contributed by atoms with E-state index in [-0.39, 0.29) is 18.3 Å². The molecule has 1 rings (SSSR count). The molecule has 0 aromatic heterocycles. The van der Waals surface area contributed by atoms with Crippen LogP contribution in [0.5, 0.6) is 5.75 Å². The molecule has 1 aromatic carbocycles. The van der Waals surface area contributed by atoms with Crippen molar-refractivity contribution in [3.05, 3.63) is 30.1 Å². The van der Waals surface area contributed by atoms with Crippen LogP contribution in [0, 0.1) is 5.82 Å². The van der Waals surface area contributed by atoms with Gasteiger partial charge in [-0.15, -0.1) is 0 Å². The number of aliphatic hydroxyl groups is 1. The van der Waals surface area contributed by atoms with Gasteiger partial charge in [0.05, 0.1) is 6.61 Å². The quantitative estimate of drug-likeness (QED) is 0.615. The molecule has 0 aliphatic rings. The molecule has 0 bridgehead atoms. The highest BCUT2D eigenvalue weighted by Gasteiger charge is 2.01. The first-order valence-corrected chi connectivity index (χ1v) is 8.21. The first-order chi connectivity index (χ1) is 10.2. The monoisotopic (exact) mass is 315 g/mol. The lowest BCUT2D eigenvalue weighted by molar-refractivity contribution is -0.121. The minimum Gasteiger partial charge on any atom is -0.494 e. The fourth-order valence-corrected chi connectivity index (χ4v) is 2.36. The fraction of sp³-hybridized carbons (Fsp3) is 0.533. The highest BCUT2D eigenvalue weighted by Crippen LogP contribution is 2.11. The van der Waals surface area contributed by atoms with Gasteiger partial charge in [-0.05, 0) is 42.9 Å². The van der Waals surface area contributed by atoms with Gasteiger partial charge in [0, 0.05) is 25.3 Å². The molecule has 1 amide bonds. The van der Waals surface area contributed by atoms with E-state index in [0.29, 0.717) is 31.7 Å². The number of carbonyl (C=O) groups is 1. The van der Waals surface area contributed by atoms with E-state index >= 15 is 0 Å². The van der Waals surface area contributed by atoms with E-state index in [1.54, 1.807) is 23.9 Å². The van der Waals surface area contributed by atoms with E-state index in [9.17, 15) is 9.18 Å². The summed E-state index contributed by atoms with van der Waals surface area (Å²) in [5.41, 5.74) is 0. The molecule has 1 aromatic rings. The Morgan fingerprint density at radius 1 is 1.24 bits per heavy atom. The molecule has 0 fully saturated rings. The van der Waals surface area contributed by atoms with Crippen LogP contribution in [0.4, 0.5) is 4.39 Å². The van der Waals surface area contributed by atoms with Crippen molar-refractivity contribution < 1.29 is 19.0 Å². The number of hydrogen-bond donors (Lipinski definition) is 2. The number of hydrogen-bond acceptors (Lipinski definition) is 4. The highest BCUT2D eigenvalue weighted by molar-refractivity contribution is 7.99. The zero-order chi connectivity index (χ0) is 15.3. The molecule has 2 N–H and O–H groups in total. The van der Waals surface area contributed by atoms with Crippen molar-refractivity contribution in [2.45, 2.75) is 19.3 Å². The Hall–Kier alpha value is -1.27. The first-order valence-electron chi connectivity index (χ1n) is 7.06. The molecule has 0 heterocycles. The lowest BCUT2D eigenvalue weighted by Crippen LogP contribution is -2.25. The van der Waals surface area contributed by atoms with E-state index in [2.05, 4.69) is 5.32 Å². The zero-order valence-electron chi connectivity index (χ0n) is 12.0. The molecular formula is C15H22FNO3S. The van der Waals surface area contributed by atoms with Crippen molar-refractivity contribution >= 4 is 17.7 Å². The van der Waals surface area contributed by atoms with Gasteiger partial charge in [0.1, 0.15) is 11.6 Å². The molecule has 4 nitrogen and oxygen atoms in total. The van der Waals surface area contributed by atoms with Gasteiger partial charge >= 0.3 is 0 Å². The van der Waals surface area contributed by atoms with Crippen LogP contribution in [0.25, 0.3) is 0 Å². The molecule has 0 aliphatic carbocycles. The Kier molecular flexibility index (Phi) is 9.65. The third-order valence-electron chi connectivity index (χ3n) is 2.65. The molecule has 0 aliphatic heterocycles. The van der Waals surface area contributed by atoms with Crippen LogP contribution in [0.2, 0.25) is 0 Å². The van der Waals surface area contributed by atoms with Gasteiger partial charge in [0.2, 0.25) is 5.91 Å². The zero-order valence-corrected chi connectivity index (χ0v) is 12.8. The Balaban J connectivity index is 1.97. The normalized spacial score (nSPS) is 10.4. The summed E-state index contributed by atoms with van der Waals surface area (Å²) in [6, 6.07) is 5.82. The summed E-state index contributed by atoms with van der Waals surface area (Å²) in [5, 5.41) is 11.5. The van der Waals surface area contributed by atoms with Gasteiger partial charge in [0.15, 0.2) is 0 Å². The maximum absolute atomic E-state index is 12.7. The topological polar surface area (TPSA) is 58.6 Å². The number of thioether (sulfide) groups is 1. The largest absolute Gasteiger partial charge is 0.494 e. The summed E-state index contributed by atoms with van der Waals surface area (Å²) in [6.07, 6.45) is 1.84. The summed E-state index contributed by atoms with van der Waals surface area (Å²) in [5.74, 6) is 2.10. The second-order valence-electron chi connectivity index (χ2n) is 4.45. The van der Waals surface area contributed by atoms with Crippen molar-refractivity contribution in [1.82, 2.24) is 5.32 Å². The van der Waals surface area contributed by atoms with Gasteiger partial charge in [-0.25, -0.2) is 4.39 Å². The molecular weight excluding hydrogens is 293 g/mol. The van der Waals surface area contributed by atoms with Gasteiger partial charge in [-0.2, -0.15) is 11.8 Å². The van der Waals surface area contributed by atoms with Gasteiger partial charge in [-0.3, -0.25) is 4.79 Å². The van der Waals surface area contributed by atoms with Crippen molar-refractivity contribution in [2.24, 2.45) is 0 Å². The van der Waals surface area contributed by atoms with Crippen LogP contribution < -0.4 is 10.1 Å². The predicted octanol–water partition coefficient (Wildman–Crippen LogP) is 2.22. The molecule has 0 saturated carbocycles. The number of nitrogens with one attached hydrogen (secondary N) is 1. The fourth-order valence-electron chi connectivity index (χ4n) is 1.57. The number of amides is 1. The summed E-state index contributed by atoms with van der Waals surface area (Å²) < 4.78 is 18.1. The average molecular weight is 315 g/mol. The number of halogens is 1. The van der Waals surface area contributed by atoms with E-state index in [0.717, 1.165) is 17.9 Å². The van der Waals surface area contributed by atoms with Gasteiger partial charge in [-0.1, -0.05) is 0 Å². The van der Waals surface area contributed by atoms with Crippen molar-refractivity contribution in [1.29, 1.82) is 0 Å². The summed E-state index contributed by atoms with van der Waals surface area (Å²) in [7, 11) is 0. The van der Waals surface area contributed by atoms with Gasteiger partial charge in [0.25, 0.3) is 0 Å². The minimum absolute atomic E-state index is 0.0143. The van der Waals surface area contributed by atoms with Crippen molar-refractivity contribution in [2.75, 3.05) is 31.3 Å². The Morgan fingerprint density at radius 3 is 2.71 bits per heavy atom. The summed E-state index contributed by atoms with van der Waals surface area (Å²) in [4.78, 5) is 11.5. The standard InChI is InChI=1S/C15H22FNO3S/c16-13-4-6-14(7-5-13)20-10-1-3-15(19)17-8-12-21-11-2-9-18/h4-7,18H,1-3,8-12H2,(H,17,19). The Labute approximate surface area is 129 Å². The number of carbonyl (C=O) groups excluding carboxylic acids is 1. The lowest BCUT2D eigenvalue weighted by Gasteiger charge is -2.07. The molecule has 6 heteroatoms. The van der Waals surface area contributed by atoms with E-state index in [1.807, 2.05) is 0 Å². The lowest BCUT2D eigenvalue weighted by atomic mass is 10.3. The first kappa shape index (κ1) is 17.8. The highest BCUT2D eigenvalue weighted by atomic mass is 32.2. The minimum atomic E-state index is -0.293. The van der Waals surface area contributed by atoms with Crippen LogP contribution in [-0.4, -0.2) is 42.3 Å². The second kappa shape index (κ2) is 11.4. The summed E-state index contributed by atoms with van der Waals surface area (Å²) in [6.45, 7) is 1.30. The Bertz CT molecular complexity index is 400. The van der Waals surface area contributed by atoms with Crippen LogP contribution >= 0.6 is 11.8 Å². The molecule has 0 atom stereocenters. The number of benzene rings is 1. The van der Waals surface area contributed by atoms with E-state index < -0.39 is 0 Å². The van der Waals surface area contributed by atoms with Crippen molar-refractivity contribution in [3.63, 3.8) is 0 Å². The predicted molar refractivity (Wildman–Crippen MR) is 83.2 cm³/mol. The molecule has 21 heavy (non-hydrogen) atoms. The number of rotatable bonds is 11. The van der Waals surface area contributed by atoms with E-state index in [1.165, 1.54) is 12.1 Å². The number of ether oxygens (including phenoxy) is 1. The van der Waals surface area contributed by atoms with Crippen LogP contribution in [0.3, 0.4) is 0 Å². The average Bonchev–Trinajstić information content (AvgIpc) is 2.49. The molecule has 118 valence electrons. The van der Waals surface area contributed by atoms with Crippen molar-refractivity contribution in [3.8, 4) is 5.75 Å². The maximum atomic E-state index is 12.7. The van der Waals surface area contributed by atoms with E-state index in [4.69, 9.17) is 9.84 Å². The Morgan fingerprint density at radius 2 is 2.00 bits per heavy atom. The third kappa shape index (κ3) is 9.31. The molecule has 0 spiro atoms.